The first-order chi connectivity index (χ1) is 9.83. The molecule has 0 spiro atoms. The zero-order chi connectivity index (χ0) is 13.8. The van der Waals surface area contributed by atoms with Crippen molar-refractivity contribution >= 4 is 16.8 Å². The molecule has 2 heterocycles. The first kappa shape index (κ1) is 13.0. The maximum atomic E-state index is 11.9. The Morgan fingerprint density at radius 1 is 1.45 bits per heavy atom. The minimum absolute atomic E-state index is 0.0662. The van der Waals surface area contributed by atoms with Crippen LogP contribution >= 0.6 is 0 Å². The minimum Gasteiger partial charge on any atom is -0.366 e. The van der Waals surface area contributed by atoms with Crippen molar-refractivity contribution < 1.29 is 9.53 Å². The second-order valence-corrected chi connectivity index (χ2v) is 4.81. The third kappa shape index (κ3) is 2.95. The van der Waals surface area contributed by atoms with Gasteiger partial charge >= 0.3 is 0 Å². The van der Waals surface area contributed by atoms with Gasteiger partial charge in [0.25, 0.3) is 5.91 Å². The van der Waals surface area contributed by atoms with Crippen LogP contribution in [0.5, 0.6) is 0 Å². The average Bonchev–Trinajstić information content (AvgIpc) is 2.53. The number of nitrogens with zero attached hydrogens (tertiary/aromatic N) is 1. The molecule has 5 nitrogen and oxygen atoms in total. The number of morpholine rings is 1. The highest BCUT2D eigenvalue weighted by atomic mass is 16.5. The fraction of sp³-hybridized carbons (Fsp3) is 0.333. The molecule has 0 radical (unpaired) electrons. The Kier molecular flexibility index (Phi) is 3.90. The van der Waals surface area contributed by atoms with Crippen LogP contribution in [0.25, 0.3) is 10.9 Å². The number of pyridine rings is 1. The summed E-state index contributed by atoms with van der Waals surface area (Å²) in [5.41, 5.74) is 2.02. The number of aromatic nitrogens is 1. The van der Waals surface area contributed by atoms with E-state index in [0.29, 0.717) is 19.7 Å². The largest absolute Gasteiger partial charge is 0.366 e. The zero-order valence-electron chi connectivity index (χ0n) is 11.1. The zero-order valence-corrected chi connectivity index (χ0v) is 11.1. The fourth-order valence-electron chi connectivity index (χ4n) is 2.27. The molecule has 1 aliphatic heterocycles. The van der Waals surface area contributed by atoms with E-state index in [4.69, 9.17) is 4.74 Å². The van der Waals surface area contributed by atoms with E-state index < -0.39 is 0 Å². The number of fused-ring (bicyclic) bond motifs is 1. The molecular formula is C15H17N3O2. The van der Waals surface area contributed by atoms with Crippen molar-refractivity contribution in [2.45, 2.75) is 12.6 Å². The highest BCUT2D eigenvalue weighted by Crippen LogP contribution is 2.13. The summed E-state index contributed by atoms with van der Waals surface area (Å²) in [5, 5.41) is 7.13. The second kappa shape index (κ2) is 5.98. The smallest absolute Gasteiger partial charge is 0.250 e. The molecule has 1 aromatic carbocycles. The van der Waals surface area contributed by atoms with Crippen LogP contribution in [0.3, 0.4) is 0 Å². The molecule has 3 rings (SSSR count). The molecule has 1 amide bonds. The predicted molar refractivity (Wildman–Crippen MR) is 76.2 cm³/mol. The Labute approximate surface area is 117 Å². The molecule has 1 atom stereocenters. The molecule has 2 aromatic rings. The Morgan fingerprint density at radius 2 is 2.40 bits per heavy atom. The van der Waals surface area contributed by atoms with Gasteiger partial charge in [-0.05, 0) is 23.8 Å². The summed E-state index contributed by atoms with van der Waals surface area (Å²) in [7, 11) is 0. The van der Waals surface area contributed by atoms with Crippen molar-refractivity contribution in [1.29, 1.82) is 0 Å². The monoisotopic (exact) mass is 271 g/mol. The van der Waals surface area contributed by atoms with E-state index in [1.807, 2.05) is 30.3 Å². The summed E-state index contributed by atoms with van der Waals surface area (Å²) >= 11 is 0. The summed E-state index contributed by atoms with van der Waals surface area (Å²) < 4.78 is 5.41. The van der Waals surface area contributed by atoms with Gasteiger partial charge in [0.1, 0.15) is 6.10 Å². The van der Waals surface area contributed by atoms with Gasteiger partial charge in [-0.3, -0.25) is 9.78 Å². The molecule has 1 fully saturated rings. The van der Waals surface area contributed by atoms with Gasteiger partial charge in [-0.25, -0.2) is 0 Å². The van der Waals surface area contributed by atoms with Gasteiger partial charge in [0.05, 0.1) is 12.1 Å². The molecule has 5 heteroatoms. The molecule has 20 heavy (non-hydrogen) atoms. The molecule has 0 saturated carbocycles. The number of hydrogen-bond acceptors (Lipinski definition) is 4. The van der Waals surface area contributed by atoms with Gasteiger partial charge in [0.2, 0.25) is 0 Å². The molecule has 1 aliphatic rings. The lowest BCUT2D eigenvalue weighted by Gasteiger charge is -2.22. The number of rotatable bonds is 3. The standard InChI is InChI=1S/C15H17N3O2/c19-15(14-10-16-6-7-20-14)18-9-11-3-4-13-12(8-11)2-1-5-17-13/h1-5,8,14,16H,6-7,9-10H2,(H,18,19). The van der Waals surface area contributed by atoms with Crippen molar-refractivity contribution in [2.75, 3.05) is 19.7 Å². The van der Waals surface area contributed by atoms with Gasteiger partial charge in [-0.15, -0.1) is 0 Å². The summed E-state index contributed by atoms with van der Waals surface area (Å²) in [6, 6.07) is 9.92. The lowest BCUT2D eigenvalue weighted by atomic mass is 10.1. The quantitative estimate of drug-likeness (QED) is 0.868. The van der Waals surface area contributed by atoms with E-state index in [0.717, 1.165) is 23.0 Å². The topological polar surface area (TPSA) is 63.2 Å². The van der Waals surface area contributed by atoms with Gasteiger partial charge < -0.3 is 15.4 Å². The highest BCUT2D eigenvalue weighted by Gasteiger charge is 2.21. The molecule has 2 N–H and O–H groups in total. The van der Waals surface area contributed by atoms with Crippen molar-refractivity contribution in [3.05, 3.63) is 42.1 Å². The van der Waals surface area contributed by atoms with E-state index in [1.54, 1.807) is 6.20 Å². The molecular weight excluding hydrogens is 254 g/mol. The molecule has 1 unspecified atom stereocenters. The first-order valence-electron chi connectivity index (χ1n) is 6.76. The van der Waals surface area contributed by atoms with Crippen LogP contribution in [-0.4, -0.2) is 36.7 Å². The van der Waals surface area contributed by atoms with Crippen molar-refractivity contribution in [1.82, 2.24) is 15.6 Å². The van der Waals surface area contributed by atoms with E-state index in [1.165, 1.54) is 0 Å². The number of nitrogens with one attached hydrogen (secondary N) is 2. The lowest BCUT2D eigenvalue weighted by molar-refractivity contribution is -0.134. The maximum Gasteiger partial charge on any atom is 0.250 e. The van der Waals surface area contributed by atoms with Crippen molar-refractivity contribution in [3.63, 3.8) is 0 Å². The lowest BCUT2D eigenvalue weighted by Crippen LogP contribution is -2.47. The summed E-state index contributed by atoms with van der Waals surface area (Å²) in [6.07, 6.45) is 1.39. The second-order valence-electron chi connectivity index (χ2n) is 4.81. The van der Waals surface area contributed by atoms with Crippen molar-refractivity contribution in [3.8, 4) is 0 Å². The molecule has 0 aliphatic carbocycles. The number of carbonyl (C=O) groups excluding carboxylic acids is 1. The Balaban J connectivity index is 1.62. The van der Waals surface area contributed by atoms with Crippen LogP contribution in [0, 0.1) is 0 Å². The third-order valence-electron chi connectivity index (χ3n) is 3.35. The fourth-order valence-corrected chi connectivity index (χ4v) is 2.27. The van der Waals surface area contributed by atoms with E-state index in [9.17, 15) is 4.79 Å². The summed E-state index contributed by atoms with van der Waals surface area (Å²) in [5.74, 6) is -0.0662. The molecule has 0 bridgehead atoms. The number of carbonyl (C=O) groups is 1. The number of benzene rings is 1. The van der Waals surface area contributed by atoms with E-state index in [-0.39, 0.29) is 12.0 Å². The van der Waals surface area contributed by atoms with Crippen LogP contribution in [0.15, 0.2) is 36.5 Å². The Hall–Kier alpha value is -1.98. The maximum absolute atomic E-state index is 11.9. The van der Waals surface area contributed by atoms with Gasteiger partial charge in [-0.2, -0.15) is 0 Å². The Bertz CT molecular complexity index is 609. The average molecular weight is 271 g/mol. The van der Waals surface area contributed by atoms with Crippen LogP contribution in [-0.2, 0) is 16.1 Å². The Morgan fingerprint density at radius 3 is 3.25 bits per heavy atom. The van der Waals surface area contributed by atoms with Gasteiger partial charge in [0.15, 0.2) is 0 Å². The number of amides is 1. The first-order valence-corrected chi connectivity index (χ1v) is 6.76. The molecule has 1 saturated heterocycles. The van der Waals surface area contributed by atoms with Crippen LogP contribution in [0.4, 0.5) is 0 Å². The SMILES string of the molecule is O=C(NCc1ccc2ncccc2c1)C1CNCCO1. The van der Waals surface area contributed by atoms with Crippen LogP contribution in [0.1, 0.15) is 5.56 Å². The predicted octanol–water partition coefficient (Wildman–Crippen LogP) is 0.839. The normalized spacial score (nSPS) is 18.9. The number of hydrogen-bond donors (Lipinski definition) is 2. The molecule has 104 valence electrons. The molecule has 1 aromatic heterocycles. The van der Waals surface area contributed by atoms with Gasteiger partial charge in [-0.1, -0.05) is 12.1 Å². The highest BCUT2D eigenvalue weighted by molar-refractivity contribution is 5.82. The van der Waals surface area contributed by atoms with Crippen molar-refractivity contribution in [2.24, 2.45) is 0 Å². The van der Waals surface area contributed by atoms with E-state index in [2.05, 4.69) is 15.6 Å². The van der Waals surface area contributed by atoms with E-state index >= 15 is 0 Å². The summed E-state index contributed by atoms with van der Waals surface area (Å²) in [4.78, 5) is 16.2. The number of ether oxygens (including phenoxy) is 1. The minimum atomic E-state index is -0.383. The van der Waals surface area contributed by atoms with Crippen LogP contribution < -0.4 is 10.6 Å². The van der Waals surface area contributed by atoms with Gasteiger partial charge in [0, 0.05) is 31.2 Å². The third-order valence-corrected chi connectivity index (χ3v) is 3.35. The van der Waals surface area contributed by atoms with Crippen LogP contribution in [0.2, 0.25) is 0 Å². The summed E-state index contributed by atoms with van der Waals surface area (Å²) in [6.45, 7) is 2.47.